The molecule has 22 heavy (non-hydrogen) atoms. The molecule has 0 N–H and O–H groups in total. The monoisotopic (exact) mass is 299 g/mol. The van der Waals surface area contributed by atoms with E-state index in [4.69, 9.17) is 4.74 Å². The molecule has 1 atom stereocenters. The van der Waals surface area contributed by atoms with Crippen LogP contribution in [0.2, 0.25) is 0 Å². The minimum absolute atomic E-state index is 0.0969. The fourth-order valence-electron chi connectivity index (χ4n) is 2.18. The molecule has 2 heteroatoms. The highest BCUT2D eigenvalue weighted by atomic mass is 16.5. The van der Waals surface area contributed by atoms with E-state index in [1.165, 1.54) is 11.1 Å². The number of hydrogen-bond donors (Lipinski definition) is 0. The van der Waals surface area contributed by atoms with E-state index in [1.807, 2.05) is 38.1 Å². The zero-order valence-corrected chi connectivity index (χ0v) is 14.5. The number of benzene rings is 2. The first-order valence-electron chi connectivity index (χ1n) is 8.09. The second-order valence-electron chi connectivity index (χ2n) is 5.37. The second-order valence-corrected chi connectivity index (χ2v) is 5.37. The van der Waals surface area contributed by atoms with E-state index in [2.05, 4.69) is 56.3 Å². The average molecular weight is 299 g/mol. The second kappa shape index (κ2) is 10.0. The number of para-hydroxylation sites is 1. The lowest BCUT2D eigenvalue weighted by atomic mass is 10.1. The van der Waals surface area contributed by atoms with Crippen molar-refractivity contribution in [2.45, 2.75) is 33.3 Å². The van der Waals surface area contributed by atoms with Crippen LogP contribution in [0.5, 0.6) is 5.75 Å². The van der Waals surface area contributed by atoms with Crippen LogP contribution in [0.1, 0.15) is 37.5 Å². The summed E-state index contributed by atoms with van der Waals surface area (Å²) in [5, 5.41) is 0. The Labute approximate surface area is 135 Å². The van der Waals surface area contributed by atoms with Gasteiger partial charge in [0.15, 0.2) is 0 Å². The van der Waals surface area contributed by atoms with E-state index in [0.29, 0.717) is 0 Å². The summed E-state index contributed by atoms with van der Waals surface area (Å²) in [5.41, 5.74) is 2.41. The Hall–Kier alpha value is -1.80. The quantitative estimate of drug-likeness (QED) is 0.736. The van der Waals surface area contributed by atoms with Crippen molar-refractivity contribution in [2.75, 3.05) is 20.6 Å². The molecule has 120 valence electrons. The highest BCUT2D eigenvalue weighted by Gasteiger charge is 2.14. The van der Waals surface area contributed by atoms with Gasteiger partial charge in [-0.15, -0.1) is 0 Å². The lowest BCUT2D eigenvalue weighted by Gasteiger charge is -2.22. The summed E-state index contributed by atoms with van der Waals surface area (Å²) in [6.07, 6.45) is 1.07. The van der Waals surface area contributed by atoms with E-state index in [1.54, 1.807) is 0 Å². The molecular weight excluding hydrogens is 270 g/mol. The normalized spacial score (nSPS) is 11.5. The van der Waals surface area contributed by atoms with Crippen molar-refractivity contribution in [3.63, 3.8) is 0 Å². The van der Waals surface area contributed by atoms with Gasteiger partial charge in [-0.05, 0) is 38.2 Å². The van der Waals surface area contributed by atoms with Crippen LogP contribution in [0.25, 0.3) is 0 Å². The molecular formula is C20H29NO. The zero-order valence-electron chi connectivity index (χ0n) is 14.5. The fraction of sp³-hybridized carbons (Fsp3) is 0.400. The maximum Gasteiger partial charge on any atom is 0.125 e. The molecule has 0 fully saturated rings. The van der Waals surface area contributed by atoms with Gasteiger partial charge in [-0.1, -0.05) is 62.4 Å². The third-order valence-electron chi connectivity index (χ3n) is 3.37. The third kappa shape index (κ3) is 5.90. The molecule has 2 nitrogen and oxygen atoms in total. The van der Waals surface area contributed by atoms with Crippen LogP contribution in [0.3, 0.4) is 0 Å². The van der Waals surface area contributed by atoms with E-state index in [-0.39, 0.29) is 6.10 Å². The van der Waals surface area contributed by atoms with Crippen molar-refractivity contribution in [1.82, 2.24) is 4.90 Å². The van der Waals surface area contributed by atoms with Crippen LogP contribution >= 0.6 is 0 Å². The van der Waals surface area contributed by atoms with E-state index in [0.717, 1.165) is 18.7 Å². The number of hydrogen-bond acceptors (Lipinski definition) is 2. The summed E-state index contributed by atoms with van der Waals surface area (Å²) in [4.78, 5) is 2.19. The van der Waals surface area contributed by atoms with Gasteiger partial charge in [0.2, 0.25) is 0 Å². The van der Waals surface area contributed by atoms with Gasteiger partial charge in [0.05, 0.1) is 0 Å². The van der Waals surface area contributed by atoms with E-state index >= 15 is 0 Å². The summed E-state index contributed by atoms with van der Waals surface area (Å²) in [5.74, 6) is 0.972. The van der Waals surface area contributed by atoms with E-state index < -0.39 is 0 Å². The number of ether oxygens (including phenoxy) is 1. The molecule has 0 spiro atoms. The highest BCUT2D eigenvalue weighted by Crippen LogP contribution is 2.27. The molecule has 0 radical (unpaired) electrons. The highest BCUT2D eigenvalue weighted by molar-refractivity contribution is 5.33. The summed E-state index contributed by atoms with van der Waals surface area (Å²) >= 11 is 0. The number of aryl methyl sites for hydroxylation is 1. The molecule has 0 bridgehead atoms. The Morgan fingerprint density at radius 1 is 0.909 bits per heavy atom. The maximum atomic E-state index is 6.26. The van der Waals surface area contributed by atoms with Crippen LogP contribution in [0.4, 0.5) is 0 Å². The molecule has 0 aliphatic carbocycles. The van der Waals surface area contributed by atoms with Crippen LogP contribution in [0.15, 0.2) is 54.6 Å². The molecule has 0 aromatic heterocycles. The SMILES string of the molecule is CC.Cc1ccccc1OC(CCN(C)C)c1ccccc1. The Morgan fingerprint density at radius 2 is 1.50 bits per heavy atom. The molecule has 2 aromatic carbocycles. The summed E-state index contributed by atoms with van der Waals surface area (Å²) < 4.78 is 6.26. The maximum absolute atomic E-state index is 6.26. The third-order valence-corrected chi connectivity index (χ3v) is 3.37. The predicted molar refractivity (Wildman–Crippen MR) is 95.5 cm³/mol. The van der Waals surface area contributed by atoms with Crippen molar-refractivity contribution in [3.8, 4) is 5.75 Å². The molecule has 0 amide bonds. The van der Waals surface area contributed by atoms with Crippen LogP contribution < -0.4 is 4.74 Å². The van der Waals surface area contributed by atoms with Crippen molar-refractivity contribution in [3.05, 3.63) is 65.7 Å². The summed E-state index contributed by atoms with van der Waals surface area (Å²) in [6, 6.07) is 18.6. The lowest BCUT2D eigenvalue weighted by molar-refractivity contribution is 0.178. The van der Waals surface area contributed by atoms with Crippen molar-refractivity contribution >= 4 is 0 Å². The Kier molecular flexibility index (Phi) is 8.31. The van der Waals surface area contributed by atoms with Gasteiger partial charge < -0.3 is 9.64 Å². The first-order chi connectivity index (χ1) is 10.7. The van der Waals surface area contributed by atoms with Gasteiger partial charge in [-0.3, -0.25) is 0 Å². The van der Waals surface area contributed by atoms with Gasteiger partial charge in [0.1, 0.15) is 11.9 Å². The molecule has 0 heterocycles. The van der Waals surface area contributed by atoms with Crippen molar-refractivity contribution < 1.29 is 4.74 Å². The fourth-order valence-corrected chi connectivity index (χ4v) is 2.18. The van der Waals surface area contributed by atoms with Crippen molar-refractivity contribution in [1.29, 1.82) is 0 Å². The Morgan fingerprint density at radius 3 is 2.09 bits per heavy atom. The van der Waals surface area contributed by atoms with Crippen LogP contribution in [-0.2, 0) is 0 Å². The Bertz CT molecular complexity index is 522. The first-order valence-corrected chi connectivity index (χ1v) is 8.09. The largest absolute Gasteiger partial charge is 0.485 e. The summed E-state index contributed by atoms with van der Waals surface area (Å²) in [7, 11) is 4.19. The first kappa shape index (κ1) is 18.2. The molecule has 0 saturated heterocycles. The Balaban J connectivity index is 0.00000116. The minimum atomic E-state index is 0.0969. The minimum Gasteiger partial charge on any atom is -0.485 e. The van der Waals surface area contributed by atoms with Crippen LogP contribution in [-0.4, -0.2) is 25.5 Å². The van der Waals surface area contributed by atoms with E-state index in [9.17, 15) is 0 Å². The molecule has 1 unspecified atom stereocenters. The van der Waals surface area contributed by atoms with Crippen LogP contribution in [0, 0.1) is 6.92 Å². The topological polar surface area (TPSA) is 12.5 Å². The standard InChI is InChI=1S/C18H23NO.C2H6/c1-15-9-7-8-12-17(15)20-18(13-14-19(2)3)16-10-5-4-6-11-16;1-2/h4-12,18H,13-14H2,1-3H3;1-2H3. The number of nitrogens with zero attached hydrogens (tertiary/aromatic N) is 1. The predicted octanol–water partition coefficient (Wildman–Crippen LogP) is 5.09. The zero-order chi connectivity index (χ0) is 16.4. The summed E-state index contributed by atoms with van der Waals surface area (Å²) in [6.45, 7) is 7.09. The van der Waals surface area contributed by atoms with Gasteiger partial charge in [0.25, 0.3) is 0 Å². The molecule has 0 aliphatic heterocycles. The number of rotatable bonds is 6. The average Bonchev–Trinajstić information content (AvgIpc) is 2.55. The van der Waals surface area contributed by atoms with Crippen molar-refractivity contribution in [2.24, 2.45) is 0 Å². The molecule has 2 aromatic rings. The van der Waals surface area contributed by atoms with Gasteiger partial charge in [-0.25, -0.2) is 0 Å². The van der Waals surface area contributed by atoms with Gasteiger partial charge in [0, 0.05) is 13.0 Å². The molecule has 2 rings (SSSR count). The lowest BCUT2D eigenvalue weighted by Crippen LogP contribution is -2.19. The van der Waals surface area contributed by atoms with Gasteiger partial charge in [-0.2, -0.15) is 0 Å². The van der Waals surface area contributed by atoms with Gasteiger partial charge >= 0.3 is 0 Å². The molecule has 0 saturated carbocycles. The molecule has 0 aliphatic rings. The smallest absolute Gasteiger partial charge is 0.125 e.